The molecule has 2 aromatic rings. The molecule has 3 rings (SSSR count). The zero-order chi connectivity index (χ0) is 22.4. The Kier molecular flexibility index (Phi) is 7.52. The number of anilines is 2. The van der Waals surface area contributed by atoms with E-state index in [2.05, 4.69) is 5.32 Å². The minimum atomic E-state index is -0.620. The zero-order valence-electron chi connectivity index (χ0n) is 17.5. The summed E-state index contributed by atoms with van der Waals surface area (Å²) in [6.45, 7) is 4.29. The first-order valence-electron chi connectivity index (χ1n) is 10.1. The van der Waals surface area contributed by atoms with Gasteiger partial charge < -0.3 is 19.7 Å². The van der Waals surface area contributed by atoms with Gasteiger partial charge in [0.05, 0.1) is 12.5 Å². The van der Waals surface area contributed by atoms with Crippen molar-refractivity contribution < 1.29 is 23.9 Å². The number of hydrogen-bond donors (Lipinski definition) is 1. The summed E-state index contributed by atoms with van der Waals surface area (Å²) in [7, 11) is 0. The van der Waals surface area contributed by atoms with Crippen LogP contribution in [0, 0.1) is 12.8 Å². The fourth-order valence-corrected chi connectivity index (χ4v) is 3.36. The van der Waals surface area contributed by atoms with Crippen molar-refractivity contribution in [2.75, 3.05) is 30.0 Å². The lowest BCUT2D eigenvalue weighted by Gasteiger charge is -2.17. The summed E-state index contributed by atoms with van der Waals surface area (Å²) in [6, 6.07) is 12.3. The number of carbonyl (C=O) groups is 3. The Morgan fingerprint density at radius 3 is 2.61 bits per heavy atom. The van der Waals surface area contributed by atoms with Gasteiger partial charge in [-0.1, -0.05) is 24.6 Å². The molecule has 164 valence electrons. The molecule has 0 spiro atoms. The first kappa shape index (κ1) is 22.6. The second-order valence-electron chi connectivity index (χ2n) is 7.37. The third-order valence-electron chi connectivity index (χ3n) is 4.88. The summed E-state index contributed by atoms with van der Waals surface area (Å²) >= 11 is 6.04. The Morgan fingerprint density at radius 1 is 1.19 bits per heavy atom. The maximum absolute atomic E-state index is 12.4. The minimum Gasteiger partial charge on any atom is -0.494 e. The molecule has 7 nitrogen and oxygen atoms in total. The molecule has 8 heteroatoms. The monoisotopic (exact) mass is 444 g/mol. The summed E-state index contributed by atoms with van der Waals surface area (Å²) in [5.41, 5.74) is 2.10. The molecule has 1 atom stereocenters. The number of benzene rings is 2. The second kappa shape index (κ2) is 10.3. The van der Waals surface area contributed by atoms with Crippen molar-refractivity contribution in [3.05, 3.63) is 53.1 Å². The number of carbonyl (C=O) groups excluding carboxylic acids is 3. The summed E-state index contributed by atoms with van der Waals surface area (Å²) in [5, 5.41) is 3.16. The first-order chi connectivity index (χ1) is 14.9. The number of aryl methyl sites for hydroxylation is 1. The lowest BCUT2D eigenvalue weighted by molar-refractivity contribution is -0.151. The van der Waals surface area contributed by atoms with Gasteiger partial charge in [0, 0.05) is 29.4 Å². The standard InChI is InChI=1S/C23H25ClN2O5/c1-3-10-30-19-8-6-18(7-9-19)26-13-16(11-22(26)28)23(29)31-14-21(27)25-17-5-4-15(2)20(24)12-17/h4-9,12,16H,3,10-11,13-14H2,1-2H3,(H,25,27)/t16-/m1/s1. The van der Waals surface area contributed by atoms with Gasteiger partial charge in [-0.15, -0.1) is 0 Å². The van der Waals surface area contributed by atoms with E-state index in [1.54, 1.807) is 47.4 Å². The smallest absolute Gasteiger partial charge is 0.311 e. The quantitative estimate of drug-likeness (QED) is 0.622. The van der Waals surface area contributed by atoms with Crippen LogP contribution in [0.2, 0.25) is 5.02 Å². The third-order valence-corrected chi connectivity index (χ3v) is 5.29. The lowest BCUT2D eigenvalue weighted by atomic mass is 10.1. The average Bonchev–Trinajstić information content (AvgIpc) is 3.15. The zero-order valence-corrected chi connectivity index (χ0v) is 18.3. The third kappa shape index (κ3) is 5.98. The first-order valence-corrected chi connectivity index (χ1v) is 10.5. The number of nitrogens with one attached hydrogen (secondary N) is 1. The molecule has 31 heavy (non-hydrogen) atoms. The number of esters is 1. The van der Waals surface area contributed by atoms with Crippen molar-refractivity contribution in [3.63, 3.8) is 0 Å². The van der Waals surface area contributed by atoms with Gasteiger partial charge in [0.15, 0.2) is 6.61 Å². The van der Waals surface area contributed by atoms with Gasteiger partial charge in [-0.05, 0) is 55.3 Å². The van der Waals surface area contributed by atoms with Crippen molar-refractivity contribution in [2.24, 2.45) is 5.92 Å². The van der Waals surface area contributed by atoms with E-state index in [0.717, 1.165) is 17.7 Å². The van der Waals surface area contributed by atoms with E-state index in [9.17, 15) is 14.4 Å². The van der Waals surface area contributed by atoms with Crippen LogP contribution in [0.1, 0.15) is 25.3 Å². The maximum Gasteiger partial charge on any atom is 0.311 e. The van der Waals surface area contributed by atoms with Gasteiger partial charge in [-0.25, -0.2) is 0 Å². The molecular weight excluding hydrogens is 420 g/mol. The van der Waals surface area contributed by atoms with Crippen LogP contribution in [0.15, 0.2) is 42.5 Å². The summed E-state index contributed by atoms with van der Waals surface area (Å²) in [6.07, 6.45) is 0.953. The largest absolute Gasteiger partial charge is 0.494 e. The second-order valence-corrected chi connectivity index (χ2v) is 7.77. The van der Waals surface area contributed by atoms with Crippen LogP contribution in [-0.2, 0) is 19.1 Å². The molecular formula is C23H25ClN2O5. The van der Waals surface area contributed by atoms with E-state index < -0.39 is 24.4 Å². The Hall–Kier alpha value is -3.06. The fraction of sp³-hybridized carbons (Fsp3) is 0.348. The molecule has 1 N–H and O–H groups in total. The molecule has 1 aliphatic rings. The highest BCUT2D eigenvalue weighted by molar-refractivity contribution is 6.31. The van der Waals surface area contributed by atoms with Gasteiger partial charge >= 0.3 is 5.97 Å². The van der Waals surface area contributed by atoms with Crippen molar-refractivity contribution >= 4 is 40.8 Å². The molecule has 1 saturated heterocycles. The molecule has 0 unspecified atom stereocenters. The predicted octanol–water partition coefficient (Wildman–Crippen LogP) is 3.97. The van der Waals surface area contributed by atoms with E-state index in [0.29, 0.717) is 23.0 Å². The van der Waals surface area contributed by atoms with E-state index in [-0.39, 0.29) is 18.9 Å². The molecule has 0 radical (unpaired) electrons. The molecule has 1 aliphatic heterocycles. The number of hydrogen-bond acceptors (Lipinski definition) is 5. The maximum atomic E-state index is 12.4. The van der Waals surface area contributed by atoms with Crippen LogP contribution in [0.3, 0.4) is 0 Å². The minimum absolute atomic E-state index is 0.0438. The van der Waals surface area contributed by atoms with Gasteiger partial charge in [0.1, 0.15) is 5.75 Å². The Bertz CT molecular complexity index is 961. The molecule has 0 aliphatic carbocycles. The van der Waals surface area contributed by atoms with Crippen molar-refractivity contribution in [1.29, 1.82) is 0 Å². The molecule has 0 saturated carbocycles. The van der Waals surface area contributed by atoms with Gasteiger partial charge in [0.2, 0.25) is 5.91 Å². The summed E-state index contributed by atoms with van der Waals surface area (Å²) < 4.78 is 10.7. The average molecular weight is 445 g/mol. The molecule has 1 fully saturated rings. The Balaban J connectivity index is 1.50. The van der Waals surface area contributed by atoms with Crippen LogP contribution >= 0.6 is 11.6 Å². The van der Waals surface area contributed by atoms with E-state index in [1.165, 1.54) is 0 Å². The molecule has 0 aromatic heterocycles. The predicted molar refractivity (Wildman–Crippen MR) is 118 cm³/mol. The molecule has 2 aromatic carbocycles. The highest BCUT2D eigenvalue weighted by Gasteiger charge is 2.36. The van der Waals surface area contributed by atoms with Crippen LogP contribution < -0.4 is 15.0 Å². The SMILES string of the molecule is CCCOc1ccc(N2C[C@H](C(=O)OCC(=O)Nc3ccc(C)c(Cl)c3)CC2=O)cc1. The Labute approximate surface area is 186 Å². The van der Waals surface area contributed by atoms with Gasteiger partial charge in [0.25, 0.3) is 5.91 Å². The highest BCUT2D eigenvalue weighted by atomic mass is 35.5. The van der Waals surface area contributed by atoms with Crippen molar-refractivity contribution in [2.45, 2.75) is 26.7 Å². The van der Waals surface area contributed by atoms with Gasteiger partial charge in [-0.3, -0.25) is 14.4 Å². The lowest BCUT2D eigenvalue weighted by Crippen LogP contribution is -2.28. The normalized spacial score (nSPS) is 15.6. The summed E-state index contributed by atoms with van der Waals surface area (Å²) in [5.74, 6) is -1.10. The van der Waals surface area contributed by atoms with Crippen molar-refractivity contribution in [1.82, 2.24) is 0 Å². The van der Waals surface area contributed by atoms with Crippen LogP contribution in [0.4, 0.5) is 11.4 Å². The van der Waals surface area contributed by atoms with E-state index in [4.69, 9.17) is 21.1 Å². The van der Waals surface area contributed by atoms with Gasteiger partial charge in [-0.2, -0.15) is 0 Å². The number of amides is 2. The number of rotatable bonds is 8. The Morgan fingerprint density at radius 2 is 1.94 bits per heavy atom. The van der Waals surface area contributed by atoms with Crippen molar-refractivity contribution in [3.8, 4) is 5.75 Å². The van der Waals surface area contributed by atoms with E-state index >= 15 is 0 Å². The fourth-order valence-electron chi connectivity index (χ4n) is 3.18. The number of ether oxygens (including phenoxy) is 2. The van der Waals surface area contributed by atoms with E-state index in [1.807, 2.05) is 13.8 Å². The van der Waals surface area contributed by atoms with Crippen LogP contribution in [0.25, 0.3) is 0 Å². The molecule has 1 heterocycles. The van der Waals surface area contributed by atoms with Crippen LogP contribution in [0.5, 0.6) is 5.75 Å². The summed E-state index contributed by atoms with van der Waals surface area (Å²) in [4.78, 5) is 38.4. The highest BCUT2D eigenvalue weighted by Crippen LogP contribution is 2.27. The number of nitrogens with zero attached hydrogens (tertiary/aromatic N) is 1. The molecule has 0 bridgehead atoms. The van der Waals surface area contributed by atoms with Crippen LogP contribution in [-0.4, -0.2) is 37.5 Å². The molecule has 2 amide bonds. The number of halogens is 1. The topological polar surface area (TPSA) is 84.9 Å².